The first kappa shape index (κ1) is 17.5. The van der Waals surface area contributed by atoms with Gasteiger partial charge in [-0.25, -0.2) is 0 Å². The minimum atomic E-state index is -0.104. The van der Waals surface area contributed by atoms with Gasteiger partial charge in [-0.05, 0) is 49.7 Å². The molecule has 0 bridgehead atoms. The van der Waals surface area contributed by atoms with Crippen LogP contribution in [0.25, 0.3) is 11.4 Å². The molecule has 1 aromatic carbocycles. The van der Waals surface area contributed by atoms with Gasteiger partial charge in [-0.3, -0.25) is 14.6 Å². The van der Waals surface area contributed by atoms with Gasteiger partial charge < -0.3 is 9.84 Å². The third kappa shape index (κ3) is 4.60. The van der Waals surface area contributed by atoms with Crippen LogP contribution in [0.15, 0.2) is 53.3 Å². The van der Waals surface area contributed by atoms with Crippen LogP contribution >= 0.6 is 0 Å². The Morgan fingerprint density at radius 2 is 1.96 bits per heavy atom. The molecule has 26 heavy (non-hydrogen) atoms. The molecule has 0 spiro atoms. The minimum Gasteiger partial charge on any atom is -0.339 e. The van der Waals surface area contributed by atoms with Gasteiger partial charge in [0.25, 0.3) is 0 Å². The number of benzene rings is 1. The fourth-order valence-electron chi connectivity index (χ4n) is 2.38. The maximum atomic E-state index is 12.0. The van der Waals surface area contributed by atoms with E-state index >= 15 is 0 Å². The molecule has 1 amide bonds. The molecule has 0 fully saturated rings. The zero-order chi connectivity index (χ0) is 18.4. The molecule has 7 nitrogen and oxygen atoms in total. The standard InChI is InChI=1S/C19H18N4O3/c1-13(24)14-7-9-16(10-8-14)21-17(25)5-2-6-18-22-19(23-26-18)15-4-3-11-20-12-15/h3-4,7-12H,2,5-6H2,1H3,(H,21,25). The van der Waals surface area contributed by atoms with Gasteiger partial charge in [-0.1, -0.05) is 5.16 Å². The molecule has 3 rings (SSSR count). The molecule has 3 aromatic rings. The number of anilines is 1. The van der Waals surface area contributed by atoms with Gasteiger partial charge in [0, 0.05) is 42.0 Å². The first-order valence-corrected chi connectivity index (χ1v) is 8.25. The van der Waals surface area contributed by atoms with E-state index in [0.717, 1.165) is 5.56 Å². The fourth-order valence-corrected chi connectivity index (χ4v) is 2.38. The number of aryl methyl sites for hydroxylation is 1. The number of ketones is 1. The number of rotatable bonds is 7. The van der Waals surface area contributed by atoms with E-state index < -0.39 is 0 Å². The summed E-state index contributed by atoms with van der Waals surface area (Å²) >= 11 is 0. The number of amides is 1. The normalized spacial score (nSPS) is 10.5. The molecule has 0 radical (unpaired) electrons. The SMILES string of the molecule is CC(=O)c1ccc(NC(=O)CCCc2nc(-c3cccnc3)no2)cc1. The Balaban J connectivity index is 1.46. The summed E-state index contributed by atoms with van der Waals surface area (Å²) in [6.07, 6.45) is 4.78. The van der Waals surface area contributed by atoms with E-state index in [0.29, 0.717) is 42.2 Å². The van der Waals surface area contributed by atoms with Crippen molar-refractivity contribution in [1.29, 1.82) is 0 Å². The van der Waals surface area contributed by atoms with Gasteiger partial charge in [0.15, 0.2) is 5.78 Å². The molecule has 0 aliphatic rings. The summed E-state index contributed by atoms with van der Waals surface area (Å²) in [6.45, 7) is 1.50. The van der Waals surface area contributed by atoms with Crippen molar-refractivity contribution in [3.05, 3.63) is 60.2 Å². The Labute approximate surface area is 150 Å². The summed E-state index contributed by atoms with van der Waals surface area (Å²) in [7, 11) is 0. The number of Topliss-reactive ketones (excluding diaryl/α,β-unsaturated/α-hetero) is 1. The van der Waals surface area contributed by atoms with E-state index in [9.17, 15) is 9.59 Å². The maximum Gasteiger partial charge on any atom is 0.226 e. The van der Waals surface area contributed by atoms with Crippen LogP contribution in [0.2, 0.25) is 0 Å². The van der Waals surface area contributed by atoms with E-state index in [-0.39, 0.29) is 11.7 Å². The molecule has 0 aliphatic heterocycles. The summed E-state index contributed by atoms with van der Waals surface area (Å²) in [5.74, 6) is 0.867. The van der Waals surface area contributed by atoms with Gasteiger partial charge >= 0.3 is 0 Å². The van der Waals surface area contributed by atoms with Gasteiger partial charge in [0.05, 0.1) is 0 Å². The van der Waals surface area contributed by atoms with Crippen LogP contribution in [0.3, 0.4) is 0 Å². The third-order valence-electron chi connectivity index (χ3n) is 3.76. The zero-order valence-corrected chi connectivity index (χ0v) is 14.3. The molecular formula is C19H18N4O3. The van der Waals surface area contributed by atoms with Crippen molar-refractivity contribution in [3.63, 3.8) is 0 Å². The highest BCUT2D eigenvalue weighted by atomic mass is 16.5. The second kappa shape index (κ2) is 8.15. The first-order chi connectivity index (χ1) is 12.6. The van der Waals surface area contributed by atoms with E-state index in [2.05, 4.69) is 20.4 Å². The molecule has 0 aliphatic carbocycles. The quantitative estimate of drug-likeness (QED) is 0.657. The molecule has 0 saturated heterocycles. The van der Waals surface area contributed by atoms with Crippen molar-refractivity contribution in [3.8, 4) is 11.4 Å². The van der Waals surface area contributed by atoms with Crippen molar-refractivity contribution in [2.24, 2.45) is 0 Å². The first-order valence-electron chi connectivity index (χ1n) is 8.25. The summed E-state index contributed by atoms with van der Waals surface area (Å²) < 4.78 is 5.20. The molecular weight excluding hydrogens is 332 g/mol. The molecule has 7 heteroatoms. The smallest absolute Gasteiger partial charge is 0.226 e. The van der Waals surface area contributed by atoms with Crippen molar-refractivity contribution < 1.29 is 14.1 Å². The molecule has 132 valence electrons. The Morgan fingerprint density at radius 3 is 2.65 bits per heavy atom. The largest absolute Gasteiger partial charge is 0.339 e. The average molecular weight is 350 g/mol. The van der Waals surface area contributed by atoms with Crippen LogP contribution < -0.4 is 5.32 Å². The summed E-state index contributed by atoms with van der Waals surface area (Å²) in [6, 6.07) is 10.5. The van der Waals surface area contributed by atoms with Crippen molar-refractivity contribution in [1.82, 2.24) is 15.1 Å². The number of carbonyl (C=O) groups excluding carboxylic acids is 2. The van der Waals surface area contributed by atoms with E-state index in [1.807, 2.05) is 6.07 Å². The summed E-state index contributed by atoms with van der Waals surface area (Å²) in [4.78, 5) is 31.6. The zero-order valence-electron chi connectivity index (χ0n) is 14.3. The molecule has 2 aromatic heterocycles. The van der Waals surface area contributed by atoms with E-state index in [1.165, 1.54) is 6.92 Å². The number of nitrogens with one attached hydrogen (secondary N) is 1. The van der Waals surface area contributed by atoms with Crippen LogP contribution in [-0.4, -0.2) is 26.8 Å². The lowest BCUT2D eigenvalue weighted by Crippen LogP contribution is -2.11. The minimum absolute atomic E-state index is 0.00640. The third-order valence-corrected chi connectivity index (χ3v) is 3.76. The number of nitrogens with zero attached hydrogens (tertiary/aromatic N) is 3. The van der Waals surface area contributed by atoms with Crippen molar-refractivity contribution in [2.75, 3.05) is 5.32 Å². The van der Waals surface area contributed by atoms with Crippen LogP contribution in [0.1, 0.15) is 36.0 Å². The Bertz CT molecular complexity index is 889. The second-order valence-corrected chi connectivity index (χ2v) is 5.79. The van der Waals surface area contributed by atoms with E-state index in [4.69, 9.17) is 4.52 Å². The number of pyridine rings is 1. The molecule has 0 atom stereocenters. The number of aromatic nitrogens is 3. The number of hydrogen-bond donors (Lipinski definition) is 1. The Hall–Kier alpha value is -3.35. The maximum absolute atomic E-state index is 12.0. The van der Waals surface area contributed by atoms with Gasteiger partial charge in [-0.15, -0.1) is 0 Å². The molecule has 0 unspecified atom stereocenters. The van der Waals surface area contributed by atoms with Crippen LogP contribution in [0.4, 0.5) is 5.69 Å². The lowest BCUT2D eigenvalue weighted by Gasteiger charge is -2.05. The predicted molar refractivity (Wildman–Crippen MR) is 95.5 cm³/mol. The van der Waals surface area contributed by atoms with Gasteiger partial charge in [0.1, 0.15) is 0 Å². The van der Waals surface area contributed by atoms with Gasteiger partial charge in [0.2, 0.25) is 17.6 Å². The highest BCUT2D eigenvalue weighted by Crippen LogP contribution is 2.15. The van der Waals surface area contributed by atoms with E-state index in [1.54, 1.807) is 42.7 Å². The van der Waals surface area contributed by atoms with Crippen LogP contribution in [-0.2, 0) is 11.2 Å². The highest BCUT2D eigenvalue weighted by Gasteiger charge is 2.10. The molecule has 2 heterocycles. The number of hydrogen-bond acceptors (Lipinski definition) is 6. The lowest BCUT2D eigenvalue weighted by atomic mass is 10.1. The topological polar surface area (TPSA) is 98.0 Å². The van der Waals surface area contributed by atoms with Crippen molar-refractivity contribution in [2.45, 2.75) is 26.2 Å². The summed E-state index contributed by atoms with van der Waals surface area (Å²) in [5.41, 5.74) is 2.06. The van der Waals surface area contributed by atoms with Crippen LogP contribution in [0, 0.1) is 0 Å². The Morgan fingerprint density at radius 1 is 1.15 bits per heavy atom. The highest BCUT2D eigenvalue weighted by molar-refractivity contribution is 5.95. The van der Waals surface area contributed by atoms with Gasteiger partial charge in [-0.2, -0.15) is 4.98 Å². The second-order valence-electron chi connectivity index (χ2n) is 5.79. The molecule has 0 saturated carbocycles. The lowest BCUT2D eigenvalue weighted by molar-refractivity contribution is -0.116. The molecule has 1 N–H and O–H groups in total. The predicted octanol–water partition coefficient (Wildman–Crippen LogP) is 3.30. The van der Waals surface area contributed by atoms with Crippen LogP contribution in [0.5, 0.6) is 0 Å². The summed E-state index contributed by atoms with van der Waals surface area (Å²) in [5, 5.41) is 6.72. The number of carbonyl (C=O) groups is 2. The monoisotopic (exact) mass is 350 g/mol. The van der Waals surface area contributed by atoms with Crippen molar-refractivity contribution >= 4 is 17.4 Å². The average Bonchev–Trinajstić information content (AvgIpc) is 3.12. The Kier molecular flexibility index (Phi) is 5.48. The fraction of sp³-hybridized carbons (Fsp3) is 0.211.